The molecular weight excluding hydrogens is 174 g/mol. The molecule has 0 aromatic rings. The molecule has 0 heterocycles. The molecule has 0 saturated carbocycles. The molecule has 0 bridgehead atoms. The Morgan fingerprint density at radius 2 is 1.64 bits per heavy atom. The third kappa shape index (κ3) is 6.93. The van der Waals surface area contributed by atoms with E-state index in [0.717, 1.165) is 12.3 Å². The van der Waals surface area contributed by atoms with Crippen molar-refractivity contribution in [2.45, 2.75) is 59.9 Å². The van der Waals surface area contributed by atoms with Crippen LogP contribution in [0.1, 0.15) is 53.9 Å². The number of amides is 1. The molecule has 0 radical (unpaired) electrons. The maximum Gasteiger partial charge on any atom is 0.222 e. The van der Waals surface area contributed by atoms with Gasteiger partial charge < -0.3 is 5.32 Å². The molecule has 1 atom stereocenters. The predicted molar refractivity (Wildman–Crippen MR) is 61.1 cm³/mol. The quantitative estimate of drug-likeness (QED) is 0.700. The summed E-state index contributed by atoms with van der Waals surface area (Å²) in [7, 11) is 0. The summed E-state index contributed by atoms with van der Waals surface area (Å²) in [6, 6.07) is 0.323. The summed E-state index contributed by atoms with van der Waals surface area (Å²) in [6.45, 7) is 10.4. The summed E-state index contributed by atoms with van der Waals surface area (Å²) in [4.78, 5) is 11.3. The zero-order valence-electron chi connectivity index (χ0n) is 10.3. The molecule has 0 rings (SSSR count). The fourth-order valence-corrected chi connectivity index (χ4v) is 1.31. The van der Waals surface area contributed by atoms with Crippen molar-refractivity contribution in [3.8, 4) is 0 Å². The van der Waals surface area contributed by atoms with Gasteiger partial charge in [-0.1, -0.05) is 40.5 Å². The topological polar surface area (TPSA) is 29.1 Å². The van der Waals surface area contributed by atoms with Crippen LogP contribution in [0.3, 0.4) is 0 Å². The molecule has 0 aliphatic heterocycles. The molecule has 1 amide bonds. The van der Waals surface area contributed by atoms with Gasteiger partial charge in [0, 0.05) is 12.0 Å². The number of nitrogens with one attached hydrogen (secondary N) is 1. The minimum Gasteiger partial charge on any atom is -0.353 e. The van der Waals surface area contributed by atoms with Crippen LogP contribution in [-0.4, -0.2) is 11.9 Å². The van der Waals surface area contributed by atoms with Gasteiger partial charge in [0.05, 0.1) is 0 Å². The minimum absolute atomic E-state index is 0.0996. The average Bonchev–Trinajstić information content (AvgIpc) is 2.02. The van der Waals surface area contributed by atoms with Crippen LogP contribution in [0.15, 0.2) is 0 Å². The molecule has 84 valence electrons. The first kappa shape index (κ1) is 13.5. The number of hydrogen-bond acceptors (Lipinski definition) is 1. The highest BCUT2D eigenvalue weighted by atomic mass is 16.1. The van der Waals surface area contributed by atoms with Crippen molar-refractivity contribution in [1.29, 1.82) is 0 Å². The van der Waals surface area contributed by atoms with Crippen LogP contribution < -0.4 is 5.32 Å². The Hall–Kier alpha value is -0.530. The van der Waals surface area contributed by atoms with Crippen LogP contribution >= 0.6 is 0 Å². The minimum atomic E-state index is 0.0996. The monoisotopic (exact) mass is 199 g/mol. The lowest BCUT2D eigenvalue weighted by atomic mass is 10.0. The van der Waals surface area contributed by atoms with E-state index >= 15 is 0 Å². The lowest BCUT2D eigenvalue weighted by Crippen LogP contribution is -2.35. The molecular formula is C12H25NO. The molecule has 1 unspecified atom stereocenters. The SMILES string of the molecule is CC(C)CCCC(C)NC(=O)C(C)C. The van der Waals surface area contributed by atoms with Crippen molar-refractivity contribution in [3.05, 3.63) is 0 Å². The Balaban J connectivity index is 3.55. The molecule has 0 aliphatic carbocycles. The lowest BCUT2D eigenvalue weighted by Gasteiger charge is -2.15. The van der Waals surface area contributed by atoms with Gasteiger partial charge in [-0.25, -0.2) is 0 Å². The molecule has 14 heavy (non-hydrogen) atoms. The van der Waals surface area contributed by atoms with E-state index in [9.17, 15) is 4.79 Å². The summed E-state index contributed by atoms with van der Waals surface area (Å²) in [5.41, 5.74) is 0. The van der Waals surface area contributed by atoms with Crippen molar-refractivity contribution >= 4 is 5.91 Å². The van der Waals surface area contributed by atoms with Crippen molar-refractivity contribution < 1.29 is 4.79 Å². The van der Waals surface area contributed by atoms with Crippen LogP contribution in [0.4, 0.5) is 0 Å². The van der Waals surface area contributed by atoms with Gasteiger partial charge in [-0.15, -0.1) is 0 Å². The van der Waals surface area contributed by atoms with E-state index in [1.807, 2.05) is 13.8 Å². The molecule has 0 aliphatic rings. The maximum atomic E-state index is 11.3. The maximum absolute atomic E-state index is 11.3. The van der Waals surface area contributed by atoms with Gasteiger partial charge in [0.15, 0.2) is 0 Å². The zero-order chi connectivity index (χ0) is 11.1. The predicted octanol–water partition coefficient (Wildman–Crippen LogP) is 2.97. The van der Waals surface area contributed by atoms with Gasteiger partial charge in [-0.2, -0.15) is 0 Å². The van der Waals surface area contributed by atoms with Gasteiger partial charge in [0.1, 0.15) is 0 Å². The normalized spacial score (nSPS) is 13.4. The highest BCUT2D eigenvalue weighted by Crippen LogP contribution is 2.08. The Labute approximate surface area is 88.5 Å². The smallest absolute Gasteiger partial charge is 0.222 e. The second kappa shape index (κ2) is 6.86. The third-order valence-electron chi connectivity index (χ3n) is 2.33. The fraction of sp³-hybridized carbons (Fsp3) is 0.917. The first-order valence-corrected chi connectivity index (χ1v) is 5.73. The molecule has 0 aromatic heterocycles. The second-order valence-electron chi connectivity index (χ2n) is 4.89. The molecule has 0 spiro atoms. The number of carbonyl (C=O) groups excluding carboxylic acids is 1. The van der Waals surface area contributed by atoms with E-state index < -0.39 is 0 Å². The van der Waals surface area contributed by atoms with Gasteiger partial charge in [0.2, 0.25) is 5.91 Å². The summed E-state index contributed by atoms with van der Waals surface area (Å²) in [5, 5.41) is 3.01. The van der Waals surface area contributed by atoms with Gasteiger partial charge >= 0.3 is 0 Å². The highest BCUT2D eigenvalue weighted by molar-refractivity contribution is 5.78. The average molecular weight is 199 g/mol. The van der Waals surface area contributed by atoms with Crippen LogP contribution in [0.25, 0.3) is 0 Å². The standard InChI is InChI=1S/C12H25NO/c1-9(2)7-6-8-11(5)13-12(14)10(3)4/h9-11H,6-8H2,1-5H3,(H,13,14). The van der Waals surface area contributed by atoms with Crippen LogP contribution in [0, 0.1) is 11.8 Å². The van der Waals surface area contributed by atoms with Crippen molar-refractivity contribution in [2.75, 3.05) is 0 Å². The first-order valence-electron chi connectivity index (χ1n) is 5.73. The Morgan fingerprint density at radius 3 is 2.07 bits per heavy atom. The fourth-order valence-electron chi connectivity index (χ4n) is 1.31. The van der Waals surface area contributed by atoms with Crippen LogP contribution in [-0.2, 0) is 4.79 Å². The zero-order valence-corrected chi connectivity index (χ0v) is 10.3. The van der Waals surface area contributed by atoms with E-state index in [-0.39, 0.29) is 11.8 Å². The van der Waals surface area contributed by atoms with Crippen molar-refractivity contribution in [3.63, 3.8) is 0 Å². The van der Waals surface area contributed by atoms with Crippen LogP contribution in [0.5, 0.6) is 0 Å². The Morgan fingerprint density at radius 1 is 1.07 bits per heavy atom. The van der Waals surface area contributed by atoms with Crippen molar-refractivity contribution in [1.82, 2.24) is 5.32 Å². The summed E-state index contributed by atoms with van der Waals surface area (Å²) in [5.74, 6) is 1.03. The number of rotatable bonds is 6. The summed E-state index contributed by atoms with van der Waals surface area (Å²) in [6.07, 6.45) is 3.55. The number of carbonyl (C=O) groups is 1. The third-order valence-corrected chi connectivity index (χ3v) is 2.33. The summed E-state index contributed by atoms with van der Waals surface area (Å²) < 4.78 is 0. The molecule has 0 aromatic carbocycles. The van der Waals surface area contributed by atoms with E-state index in [1.54, 1.807) is 0 Å². The van der Waals surface area contributed by atoms with E-state index in [0.29, 0.717) is 6.04 Å². The molecule has 2 nitrogen and oxygen atoms in total. The molecule has 0 saturated heterocycles. The van der Waals surface area contributed by atoms with Crippen molar-refractivity contribution in [2.24, 2.45) is 11.8 Å². The largest absolute Gasteiger partial charge is 0.353 e. The number of hydrogen-bond donors (Lipinski definition) is 1. The van der Waals surface area contributed by atoms with E-state index in [1.165, 1.54) is 12.8 Å². The van der Waals surface area contributed by atoms with E-state index in [4.69, 9.17) is 0 Å². The molecule has 0 fully saturated rings. The lowest BCUT2D eigenvalue weighted by molar-refractivity contribution is -0.124. The first-order chi connectivity index (χ1) is 6.43. The van der Waals surface area contributed by atoms with Gasteiger partial charge in [0.25, 0.3) is 0 Å². The second-order valence-corrected chi connectivity index (χ2v) is 4.89. The van der Waals surface area contributed by atoms with Gasteiger partial charge in [-0.05, 0) is 19.3 Å². The van der Waals surface area contributed by atoms with Crippen LogP contribution in [0.2, 0.25) is 0 Å². The highest BCUT2D eigenvalue weighted by Gasteiger charge is 2.10. The van der Waals surface area contributed by atoms with E-state index in [2.05, 4.69) is 26.1 Å². The van der Waals surface area contributed by atoms with Gasteiger partial charge in [-0.3, -0.25) is 4.79 Å². The molecule has 1 N–H and O–H groups in total. The Bertz CT molecular complexity index is 164. The Kier molecular flexibility index (Phi) is 6.60. The summed E-state index contributed by atoms with van der Waals surface area (Å²) >= 11 is 0. The molecule has 2 heteroatoms.